The van der Waals surface area contributed by atoms with Gasteiger partial charge in [0.15, 0.2) is 5.69 Å². The van der Waals surface area contributed by atoms with Crippen molar-refractivity contribution in [3.8, 4) is 0 Å². The maximum absolute atomic E-state index is 13.3. The Morgan fingerprint density at radius 1 is 0.966 bits per heavy atom. The molecule has 0 fully saturated rings. The Morgan fingerprint density at radius 3 is 2.21 bits per heavy atom. The monoisotopic (exact) mass is 414 g/mol. The van der Waals surface area contributed by atoms with E-state index in [1.165, 1.54) is 0 Å². The molecule has 1 heterocycles. The Balaban J connectivity index is 2.23. The van der Waals surface area contributed by atoms with Gasteiger partial charge in [0.05, 0.1) is 10.6 Å². The molecule has 1 aromatic heterocycles. The third kappa shape index (κ3) is 3.87. The molecule has 0 aliphatic heterocycles. The number of benzene rings is 2. The van der Waals surface area contributed by atoms with Gasteiger partial charge in [0.2, 0.25) is 0 Å². The van der Waals surface area contributed by atoms with E-state index >= 15 is 0 Å². The molecule has 3 aromatic rings. The molecule has 0 saturated carbocycles. The van der Waals surface area contributed by atoms with E-state index in [4.69, 9.17) is 4.42 Å². The molecular formula is C22H26N2O4S. The summed E-state index contributed by atoms with van der Waals surface area (Å²) in [7, 11) is -4.01. The molecule has 7 heteroatoms. The van der Waals surface area contributed by atoms with E-state index in [-0.39, 0.29) is 10.6 Å². The summed E-state index contributed by atoms with van der Waals surface area (Å²) >= 11 is 0. The van der Waals surface area contributed by atoms with Crippen molar-refractivity contribution >= 4 is 32.4 Å². The predicted octanol–water partition coefficient (Wildman–Crippen LogP) is 4.65. The first kappa shape index (κ1) is 20.9. The number of hydrogen-bond acceptors (Lipinski definition) is 5. The number of anilines is 2. The van der Waals surface area contributed by atoms with Gasteiger partial charge in [0.25, 0.3) is 10.0 Å². The first-order chi connectivity index (χ1) is 13.7. The van der Waals surface area contributed by atoms with Gasteiger partial charge in [0.1, 0.15) is 5.58 Å². The van der Waals surface area contributed by atoms with Crippen molar-refractivity contribution in [1.29, 1.82) is 0 Å². The highest BCUT2D eigenvalue weighted by Crippen LogP contribution is 2.32. The molecule has 2 N–H and O–H groups in total. The highest BCUT2D eigenvalue weighted by atomic mass is 32.2. The average molecular weight is 415 g/mol. The summed E-state index contributed by atoms with van der Waals surface area (Å²) in [6, 6.07) is 9.02. The van der Waals surface area contributed by atoms with Crippen LogP contribution in [0.15, 0.2) is 44.4 Å². The van der Waals surface area contributed by atoms with Crippen molar-refractivity contribution in [1.82, 2.24) is 0 Å². The van der Waals surface area contributed by atoms with Crippen LogP contribution in [0.25, 0.3) is 11.0 Å². The standard InChI is InChI=1S/C22H26N2O4S/c1-6-11-23-19-17-9-7-8-10-18(17)28-22(25)20(19)24-29(26,27)21-15(4)13(2)12-14(3)16(21)5/h7-10,12,23-24H,6,11H2,1-5H3. The molecule has 29 heavy (non-hydrogen) atoms. The lowest BCUT2D eigenvalue weighted by Gasteiger charge is -2.18. The second-order valence-corrected chi connectivity index (χ2v) is 8.88. The van der Waals surface area contributed by atoms with Crippen LogP contribution in [0.3, 0.4) is 0 Å². The maximum atomic E-state index is 13.3. The third-order valence-corrected chi connectivity index (χ3v) is 6.79. The van der Waals surface area contributed by atoms with Crippen LogP contribution in [0, 0.1) is 27.7 Å². The van der Waals surface area contributed by atoms with E-state index in [1.54, 1.807) is 32.0 Å². The minimum absolute atomic E-state index is 0.102. The summed E-state index contributed by atoms with van der Waals surface area (Å²) in [5.74, 6) is 0. The number of sulfonamides is 1. The fourth-order valence-electron chi connectivity index (χ4n) is 3.45. The Bertz CT molecular complexity index is 1220. The normalized spacial score (nSPS) is 11.6. The SMILES string of the molecule is CCCNc1c(NS(=O)(=O)c2c(C)c(C)cc(C)c2C)c(=O)oc2ccccc12. The maximum Gasteiger partial charge on any atom is 0.363 e. The molecule has 0 spiro atoms. The van der Waals surface area contributed by atoms with E-state index in [2.05, 4.69) is 10.0 Å². The Labute approximate surface area is 171 Å². The summed E-state index contributed by atoms with van der Waals surface area (Å²) in [5.41, 5.74) is 3.08. The number of aryl methyl sites for hydroxylation is 2. The van der Waals surface area contributed by atoms with E-state index in [1.807, 2.05) is 32.9 Å². The Kier molecular flexibility index (Phi) is 5.71. The molecular weight excluding hydrogens is 388 g/mol. The van der Waals surface area contributed by atoms with E-state index in [0.29, 0.717) is 34.3 Å². The average Bonchev–Trinajstić information content (AvgIpc) is 2.66. The van der Waals surface area contributed by atoms with Gasteiger partial charge in [-0.15, -0.1) is 0 Å². The number of rotatable bonds is 6. The molecule has 154 valence electrons. The van der Waals surface area contributed by atoms with Gasteiger partial charge in [-0.1, -0.05) is 25.1 Å². The van der Waals surface area contributed by atoms with Crippen LogP contribution < -0.4 is 15.7 Å². The molecule has 0 saturated heterocycles. The molecule has 0 unspecified atom stereocenters. The lowest BCUT2D eigenvalue weighted by molar-refractivity contribution is 0.563. The first-order valence-corrected chi connectivity index (χ1v) is 11.1. The van der Waals surface area contributed by atoms with E-state index in [0.717, 1.165) is 17.5 Å². The smallest absolute Gasteiger partial charge is 0.363 e. The van der Waals surface area contributed by atoms with Gasteiger partial charge >= 0.3 is 5.63 Å². The fraction of sp³-hybridized carbons (Fsp3) is 0.318. The lowest BCUT2D eigenvalue weighted by Crippen LogP contribution is -2.22. The van der Waals surface area contributed by atoms with Crippen LogP contribution in [0.5, 0.6) is 0 Å². The largest absolute Gasteiger partial charge is 0.421 e. The van der Waals surface area contributed by atoms with Gasteiger partial charge in [-0.25, -0.2) is 13.2 Å². The van der Waals surface area contributed by atoms with Gasteiger partial charge in [-0.2, -0.15) is 0 Å². The fourth-order valence-corrected chi connectivity index (χ4v) is 5.13. The van der Waals surface area contributed by atoms with Crippen LogP contribution in [0.4, 0.5) is 11.4 Å². The van der Waals surface area contributed by atoms with Crippen LogP contribution in [0.2, 0.25) is 0 Å². The highest BCUT2D eigenvalue weighted by molar-refractivity contribution is 7.92. The molecule has 0 aliphatic carbocycles. The van der Waals surface area contributed by atoms with Gasteiger partial charge in [0, 0.05) is 11.9 Å². The summed E-state index contributed by atoms with van der Waals surface area (Å²) in [6.07, 6.45) is 0.816. The highest BCUT2D eigenvalue weighted by Gasteiger charge is 2.26. The van der Waals surface area contributed by atoms with Gasteiger partial charge in [-0.05, 0) is 68.5 Å². The second-order valence-electron chi connectivity index (χ2n) is 7.26. The lowest BCUT2D eigenvalue weighted by atomic mass is 10.0. The van der Waals surface area contributed by atoms with Crippen molar-refractivity contribution in [2.45, 2.75) is 45.9 Å². The van der Waals surface area contributed by atoms with Crippen LogP contribution in [-0.2, 0) is 10.0 Å². The summed E-state index contributed by atoms with van der Waals surface area (Å²) in [4.78, 5) is 12.9. The molecule has 2 aromatic carbocycles. The molecule has 0 bridgehead atoms. The summed E-state index contributed by atoms with van der Waals surface area (Å²) in [5, 5.41) is 3.83. The topological polar surface area (TPSA) is 88.4 Å². The predicted molar refractivity (Wildman–Crippen MR) is 117 cm³/mol. The van der Waals surface area contributed by atoms with Crippen molar-refractivity contribution in [2.75, 3.05) is 16.6 Å². The van der Waals surface area contributed by atoms with Crippen molar-refractivity contribution < 1.29 is 12.8 Å². The van der Waals surface area contributed by atoms with Crippen LogP contribution in [-0.4, -0.2) is 15.0 Å². The van der Waals surface area contributed by atoms with Crippen molar-refractivity contribution in [3.63, 3.8) is 0 Å². The minimum atomic E-state index is -4.01. The van der Waals surface area contributed by atoms with Crippen molar-refractivity contribution in [2.24, 2.45) is 0 Å². The second kappa shape index (κ2) is 7.91. The van der Waals surface area contributed by atoms with Crippen LogP contribution in [0.1, 0.15) is 35.6 Å². The minimum Gasteiger partial charge on any atom is -0.421 e. The summed E-state index contributed by atoms with van der Waals surface area (Å²) in [6.45, 7) is 9.88. The quantitative estimate of drug-likeness (QED) is 0.573. The van der Waals surface area contributed by atoms with Crippen LogP contribution >= 0.6 is 0 Å². The number of fused-ring (bicyclic) bond motifs is 1. The van der Waals surface area contributed by atoms with E-state index in [9.17, 15) is 13.2 Å². The van der Waals surface area contributed by atoms with Gasteiger partial charge < -0.3 is 9.73 Å². The van der Waals surface area contributed by atoms with E-state index < -0.39 is 15.6 Å². The summed E-state index contributed by atoms with van der Waals surface area (Å²) < 4.78 is 34.6. The van der Waals surface area contributed by atoms with Crippen molar-refractivity contribution in [3.05, 3.63) is 63.0 Å². The molecule has 0 aliphatic rings. The number of hydrogen-bond donors (Lipinski definition) is 2. The zero-order chi connectivity index (χ0) is 21.3. The Morgan fingerprint density at radius 2 is 1.59 bits per heavy atom. The molecule has 3 rings (SSSR count). The Hall–Kier alpha value is -2.80. The third-order valence-electron chi connectivity index (χ3n) is 5.17. The molecule has 0 atom stereocenters. The molecule has 0 amide bonds. The molecule has 0 radical (unpaired) electrons. The molecule has 6 nitrogen and oxygen atoms in total. The number of nitrogens with one attached hydrogen (secondary N) is 2. The van der Waals surface area contributed by atoms with Gasteiger partial charge in [-0.3, -0.25) is 4.72 Å². The zero-order valence-corrected chi connectivity index (χ0v) is 18.2. The zero-order valence-electron chi connectivity index (χ0n) is 17.3. The number of para-hydroxylation sites is 1. The first-order valence-electron chi connectivity index (χ1n) is 9.57.